The Hall–Kier alpha value is -0.710. The topological polar surface area (TPSA) is 52.6 Å². The second kappa shape index (κ2) is 10.6. The molecule has 1 aliphatic heterocycles. The molecule has 3 heterocycles. The molecule has 0 saturated carbocycles. The van der Waals surface area contributed by atoms with Crippen LogP contribution in [-0.4, -0.2) is 48.6 Å². The zero-order valence-electron chi connectivity index (χ0n) is 15.6. The van der Waals surface area contributed by atoms with Gasteiger partial charge in [-0.3, -0.25) is 9.89 Å². The maximum absolute atomic E-state index is 4.40. The van der Waals surface area contributed by atoms with E-state index in [0.717, 1.165) is 38.6 Å². The minimum absolute atomic E-state index is 0. The summed E-state index contributed by atoms with van der Waals surface area (Å²) in [5.41, 5.74) is 1.50. The van der Waals surface area contributed by atoms with Crippen LogP contribution in [0.4, 0.5) is 0 Å². The van der Waals surface area contributed by atoms with Gasteiger partial charge in [-0.05, 0) is 37.3 Å². The fraction of sp³-hybridized carbons (Fsp3) is 0.556. The lowest BCUT2D eigenvalue weighted by Gasteiger charge is -2.32. The van der Waals surface area contributed by atoms with Gasteiger partial charge in [0.15, 0.2) is 5.96 Å². The number of guanidine groups is 1. The van der Waals surface area contributed by atoms with E-state index in [4.69, 9.17) is 0 Å². The van der Waals surface area contributed by atoms with Gasteiger partial charge in [-0.2, -0.15) is 0 Å². The molecule has 8 heteroatoms. The highest BCUT2D eigenvalue weighted by atomic mass is 127. The van der Waals surface area contributed by atoms with Gasteiger partial charge in [-0.15, -0.1) is 46.7 Å². The number of aryl methyl sites for hydroxylation is 1. The average molecular weight is 505 g/mol. The first kappa shape index (κ1) is 21.6. The van der Waals surface area contributed by atoms with Crippen LogP contribution in [0, 0.1) is 6.92 Å². The molecule has 5 nitrogen and oxygen atoms in total. The van der Waals surface area contributed by atoms with E-state index in [1.807, 2.05) is 24.6 Å². The summed E-state index contributed by atoms with van der Waals surface area (Å²) < 4.78 is 0. The van der Waals surface area contributed by atoms with Crippen LogP contribution < -0.4 is 10.6 Å². The third-order valence-corrected chi connectivity index (χ3v) is 6.55. The Bertz CT molecular complexity index is 712. The SMILES string of the molecule is CN=C(NCCc1ncc(C)s1)NCC(C)N1CCc2sccc2C1.I. The lowest BCUT2D eigenvalue weighted by atomic mass is 10.1. The largest absolute Gasteiger partial charge is 0.356 e. The molecule has 2 aromatic heterocycles. The van der Waals surface area contributed by atoms with Crippen molar-refractivity contribution in [1.29, 1.82) is 0 Å². The van der Waals surface area contributed by atoms with Crippen molar-refractivity contribution in [3.63, 3.8) is 0 Å². The van der Waals surface area contributed by atoms with Crippen molar-refractivity contribution in [2.75, 3.05) is 26.7 Å². The monoisotopic (exact) mass is 505 g/mol. The summed E-state index contributed by atoms with van der Waals surface area (Å²) in [5, 5.41) is 10.2. The van der Waals surface area contributed by atoms with Crippen molar-refractivity contribution in [2.24, 2.45) is 4.99 Å². The Balaban J connectivity index is 0.00000243. The number of thiophene rings is 1. The molecular formula is C18H28IN5S2. The van der Waals surface area contributed by atoms with Crippen LogP contribution in [0.25, 0.3) is 0 Å². The zero-order chi connectivity index (χ0) is 17.6. The minimum atomic E-state index is 0. The number of nitrogens with one attached hydrogen (secondary N) is 2. The smallest absolute Gasteiger partial charge is 0.191 e. The number of nitrogens with zero attached hydrogens (tertiary/aromatic N) is 3. The molecule has 0 fully saturated rings. The van der Waals surface area contributed by atoms with E-state index in [2.05, 4.69) is 50.8 Å². The second-order valence-corrected chi connectivity index (χ2v) is 8.75. The highest BCUT2D eigenvalue weighted by Crippen LogP contribution is 2.24. The summed E-state index contributed by atoms with van der Waals surface area (Å²) in [6, 6.07) is 2.75. The Morgan fingerprint density at radius 3 is 3.00 bits per heavy atom. The summed E-state index contributed by atoms with van der Waals surface area (Å²) in [6.07, 6.45) is 4.05. The molecule has 1 aliphatic rings. The number of aromatic nitrogens is 1. The van der Waals surface area contributed by atoms with E-state index >= 15 is 0 Å². The summed E-state index contributed by atoms with van der Waals surface area (Å²) in [6.45, 7) is 8.34. The molecule has 3 rings (SSSR count). The van der Waals surface area contributed by atoms with Gasteiger partial charge in [0.1, 0.15) is 0 Å². The molecule has 0 amide bonds. The maximum atomic E-state index is 4.40. The molecule has 0 aliphatic carbocycles. The number of thiazole rings is 1. The molecule has 0 radical (unpaired) electrons. The Labute approximate surface area is 181 Å². The van der Waals surface area contributed by atoms with Crippen LogP contribution in [0.2, 0.25) is 0 Å². The molecule has 26 heavy (non-hydrogen) atoms. The number of aliphatic imine (C=N–C) groups is 1. The molecule has 2 aromatic rings. The first-order valence-electron chi connectivity index (χ1n) is 8.81. The van der Waals surface area contributed by atoms with Crippen molar-refractivity contribution >= 4 is 52.6 Å². The van der Waals surface area contributed by atoms with Crippen molar-refractivity contribution in [1.82, 2.24) is 20.5 Å². The van der Waals surface area contributed by atoms with Gasteiger partial charge in [-0.1, -0.05) is 0 Å². The molecule has 0 aromatic carbocycles. The molecule has 144 valence electrons. The minimum Gasteiger partial charge on any atom is -0.356 e. The first-order chi connectivity index (χ1) is 12.2. The lowest BCUT2D eigenvalue weighted by molar-refractivity contribution is 0.192. The standard InChI is InChI=1S/C18H27N5S2.HI/c1-13(23-8-5-16-15(12-23)6-9-24-16)10-22-18(19-3)20-7-4-17-21-11-14(2)25-17;/h6,9,11,13H,4-5,7-8,10,12H2,1-3H3,(H2,19,20,22);1H. The highest BCUT2D eigenvalue weighted by molar-refractivity contribution is 14.0. The predicted molar refractivity (Wildman–Crippen MR) is 123 cm³/mol. The van der Waals surface area contributed by atoms with Gasteiger partial charge in [-0.25, -0.2) is 4.98 Å². The van der Waals surface area contributed by atoms with E-state index in [1.54, 1.807) is 16.2 Å². The van der Waals surface area contributed by atoms with Gasteiger partial charge in [0.2, 0.25) is 0 Å². The number of hydrogen-bond donors (Lipinski definition) is 2. The maximum Gasteiger partial charge on any atom is 0.191 e. The molecule has 0 spiro atoms. The molecule has 1 atom stereocenters. The fourth-order valence-corrected chi connectivity index (χ4v) is 4.72. The van der Waals surface area contributed by atoms with Crippen molar-refractivity contribution in [3.8, 4) is 0 Å². The van der Waals surface area contributed by atoms with E-state index in [0.29, 0.717) is 6.04 Å². The molecule has 0 bridgehead atoms. The summed E-state index contributed by atoms with van der Waals surface area (Å²) in [5.74, 6) is 0.869. The van der Waals surface area contributed by atoms with Crippen molar-refractivity contribution in [2.45, 2.75) is 39.3 Å². The van der Waals surface area contributed by atoms with Gasteiger partial charge in [0, 0.05) is 61.6 Å². The van der Waals surface area contributed by atoms with Crippen LogP contribution in [0.15, 0.2) is 22.6 Å². The van der Waals surface area contributed by atoms with Crippen LogP contribution >= 0.6 is 46.7 Å². The summed E-state index contributed by atoms with van der Waals surface area (Å²) in [7, 11) is 1.83. The second-order valence-electron chi connectivity index (χ2n) is 6.43. The van der Waals surface area contributed by atoms with Crippen molar-refractivity contribution in [3.05, 3.63) is 38.0 Å². The van der Waals surface area contributed by atoms with E-state index in [1.165, 1.54) is 21.9 Å². The first-order valence-corrected chi connectivity index (χ1v) is 10.5. The van der Waals surface area contributed by atoms with Crippen LogP contribution in [-0.2, 0) is 19.4 Å². The third-order valence-electron chi connectivity index (χ3n) is 4.55. The number of fused-ring (bicyclic) bond motifs is 1. The highest BCUT2D eigenvalue weighted by Gasteiger charge is 2.21. The summed E-state index contributed by atoms with van der Waals surface area (Å²) >= 11 is 3.66. The Morgan fingerprint density at radius 1 is 1.42 bits per heavy atom. The lowest BCUT2D eigenvalue weighted by Crippen LogP contribution is -2.47. The van der Waals surface area contributed by atoms with Gasteiger partial charge < -0.3 is 10.6 Å². The molecule has 1 unspecified atom stereocenters. The van der Waals surface area contributed by atoms with Crippen LogP contribution in [0.3, 0.4) is 0 Å². The van der Waals surface area contributed by atoms with Crippen LogP contribution in [0.5, 0.6) is 0 Å². The molecule has 0 saturated heterocycles. The normalized spacial score (nSPS) is 15.9. The summed E-state index contributed by atoms with van der Waals surface area (Å²) in [4.78, 5) is 14.1. The molecule has 2 N–H and O–H groups in total. The van der Waals surface area contributed by atoms with Gasteiger partial charge >= 0.3 is 0 Å². The molecular weight excluding hydrogens is 477 g/mol. The van der Waals surface area contributed by atoms with Crippen LogP contribution in [0.1, 0.15) is 27.2 Å². The average Bonchev–Trinajstić information content (AvgIpc) is 3.25. The Morgan fingerprint density at radius 2 is 2.27 bits per heavy atom. The number of halogens is 1. The van der Waals surface area contributed by atoms with E-state index < -0.39 is 0 Å². The van der Waals surface area contributed by atoms with Gasteiger partial charge in [0.05, 0.1) is 5.01 Å². The van der Waals surface area contributed by atoms with Crippen molar-refractivity contribution < 1.29 is 0 Å². The van der Waals surface area contributed by atoms with E-state index in [-0.39, 0.29) is 24.0 Å². The predicted octanol–water partition coefficient (Wildman–Crippen LogP) is 3.29. The zero-order valence-corrected chi connectivity index (χ0v) is 19.6. The number of rotatable bonds is 6. The Kier molecular flexibility index (Phi) is 8.78. The fourth-order valence-electron chi connectivity index (χ4n) is 3.05. The number of hydrogen-bond acceptors (Lipinski definition) is 5. The van der Waals surface area contributed by atoms with Gasteiger partial charge in [0.25, 0.3) is 0 Å². The quantitative estimate of drug-likeness (QED) is 0.360. The van der Waals surface area contributed by atoms with E-state index in [9.17, 15) is 0 Å². The third kappa shape index (κ3) is 5.90.